The molecule has 2 aromatic heterocycles. The van der Waals surface area contributed by atoms with Crippen molar-refractivity contribution in [3.05, 3.63) is 107 Å². The fraction of sp³-hybridized carbons (Fsp3) is 0.333. The number of piperidine rings is 1. The summed E-state index contributed by atoms with van der Waals surface area (Å²) in [7, 11) is 0. The zero-order chi connectivity index (χ0) is 27.6. The van der Waals surface area contributed by atoms with Gasteiger partial charge in [0, 0.05) is 30.8 Å². The van der Waals surface area contributed by atoms with Crippen LogP contribution in [-0.2, 0) is 13.0 Å². The van der Waals surface area contributed by atoms with Crippen molar-refractivity contribution in [1.29, 1.82) is 0 Å². The number of carbonyl (C=O) groups excluding carboxylic acids is 1. The summed E-state index contributed by atoms with van der Waals surface area (Å²) in [6.07, 6.45) is 4.70. The smallest absolute Gasteiger partial charge is 0.253 e. The third-order valence-electron chi connectivity index (χ3n) is 8.06. The molecule has 0 saturated carbocycles. The maximum absolute atomic E-state index is 13.6. The lowest BCUT2D eigenvalue weighted by Crippen LogP contribution is -2.40. The molecule has 7 heteroatoms. The van der Waals surface area contributed by atoms with Crippen LogP contribution in [0.25, 0.3) is 16.7 Å². The van der Waals surface area contributed by atoms with E-state index in [4.69, 9.17) is 4.98 Å². The van der Waals surface area contributed by atoms with E-state index in [-0.39, 0.29) is 5.91 Å². The fourth-order valence-corrected chi connectivity index (χ4v) is 5.87. The largest absolute Gasteiger partial charge is 0.338 e. The summed E-state index contributed by atoms with van der Waals surface area (Å²) < 4.78 is 4.29. The Labute approximate surface area is 235 Å². The van der Waals surface area contributed by atoms with Crippen LogP contribution in [0.1, 0.15) is 65.7 Å². The van der Waals surface area contributed by atoms with E-state index >= 15 is 0 Å². The molecular weight excluding hydrogens is 496 g/mol. The zero-order valence-corrected chi connectivity index (χ0v) is 23.5. The molecule has 1 aliphatic heterocycles. The molecule has 1 unspecified atom stereocenters. The van der Waals surface area contributed by atoms with E-state index in [2.05, 4.69) is 81.7 Å². The topological polar surface area (TPSA) is 68.8 Å². The third kappa shape index (κ3) is 5.28. The van der Waals surface area contributed by atoms with Crippen LogP contribution in [0.15, 0.2) is 79.1 Å². The molecule has 1 fully saturated rings. The van der Waals surface area contributed by atoms with Gasteiger partial charge in [0.1, 0.15) is 18.0 Å². The van der Waals surface area contributed by atoms with Crippen LogP contribution in [0.4, 0.5) is 0 Å². The summed E-state index contributed by atoms with van der Waals surface area (Å²) in [5.74, 6) is 2.81. The van der Waals surface area contributed by atoms with E-state index in [0.717, 1.165) is 67.3 Å². The van der Waals surface area contributed by atoms with Gasteiger partial charge in [-0.2, -0.15) is 0 Å². The van der Waals surface area contributed by atoms with Crippen molar-refractivity contribution in [2.45, 2.75) is 52.5 Å². The molecule has 0 spiro atoms. The lowest BCUT2D eigenvalue weighted by molar-refractivity contribution is 0.0672. The summed E-state index contributed by atoms with van der Waals surface area (Å²) in [6, 6.07) is 25.0. The second-order valence-electron chi connectivity index (χ2n) is 11.3. The van der Waals surface area contributed by atoms with Crippen LogP contribution in [0.5, 0.6) is 0 Å². The molecule has 1 amide bonds. The number of imidazole rings is 1. The number of aromatic nitrogens is 5. The van der Waals surface area contributed by atoms with Crippen LogP contribution in [0.2, 0.25) is 0 Å². The van der Waals surface area contributed by atoms with E-state index in [1.165, 1.54) is 11.1 Å². The van der Waals surface area contributed by atoms with Gasteiger partial charge in [-0.05, 0) is 73.1 Å². The van der Waals surface area contributed by atoms with Crippen molar-refractivity contribution in [2.75, 3.05) is 13.1 Å². The van der Waals surface area contributed by atoms with Crippen molar-refractivity contribution in [2.24, 2.45) is 5.92 Å². The molecule has 3 aromatic carbocycles. The number of hydrogen-bond acceptors (Lipinski definition) is 4. The summed E-state index contributed by atoms with van der Waals surface area (Å²) >= 11 is 0. The lowest BCUT2D eigenvalue weighted by atomic mass is 9.94. The van der Waals surface area contributed by atoms with E-state index in [1.807, 2.05) is 42.4 Å². The van der Waals surface area contributed by atoms with Gasteiger partial charge in [0.15, 0.2) is 0 Å². The first-order chi connectivity index (χ1) is 19.5. The predicted octanol–water partition coefficient (Wildman–Crippen LogP) is 6.19. The van der Waals surface area contributed by atoms with Gasteiger partial charge in [-0.3, -0.25) is 9.36 Å². The molecule has 1 aliphatic rings. The predicted molar refractivity (Wildman–Crippen MR) is 158 cm³/mol. The maximum atomic E-state index is 13.6. The van der Waals surface area contributed by atoms with Gasteiger partial charge in [0.25, 0.3) is 5.91 Å². The van der Waals surface area contributed by atoms with Gasteiger partial charge in [-0.1, -0.05) is 56.3 Å². The highest BCUT2D eigenvalue weighted by Crippen LogP contribution is 2.26. The van der Waals surface area contributed by atoms with E-state index in [1.54, 1.807) is 0 Å². The van der Waals surface area contributed by atoms with Crippen LogP contribution in [-0.4, -0.2) is 48.2 Å². The van der Waals surface area contributed by atoms with Gasteiger partial charge in [0.2, 0.25) is 0 Å². The number of aryl methyl sites for hydroxylation is 1. The van der Waals surface area contributed by atoms with E-state index in [0.29, 0.717) is 17.4 Å². The SMILES string of the molecule is Cc1nc2cc(C(=O)N3CCCC(Cc4nncn4Cc4ccccc4)C3)ccc2n1-c1ccc(C(C)C)cc1. The van der Waals surface area contributed by atoms with E-state index in [9.17, 15) is 4.79 Å². The van der Waals surface area contributed by atoms with Gasteiger partial charge >= 0.3 is 0 Å². The Morgan fingerprint density at radius 3 is 2.60 bits per heavy atom. The molecule has 204 valence electrons. The molecule has 0 radical (unpaired) electrons. The first kappa shape index (κ1) is 26.0. The highest BCUT2D eigenvalue weighted by Gasteiger charge is 2.26. The Morgan fingerprint density at radius 2 is 1.82 bits per heavy atom. The molecule has 0 bridgehead atoms. The Bertz CT molecular complexity index is 1620. The minimum atomic E-state index is 0.0749. The number of benzene rings is 3. The number of likely N-dealkylation sites (tertiary alicyclic amines) is 1. The first-order valence-corrected chi connectivity index (χ1v) is 14.3. The standard InChI is InChI=1S/C33H36N6O/c1-23(2)27-11-14-29(15-12-27)39-24(3)35-30-19-28(13-16-31(30)39)33(40)37-17-7-10-26(21-37)18-32-36-34-22-38(32)20-25-8-5-4-6-9-25/h4-6,8-9,11-16,19,22-23,26H,7,10,17-18,20-21H2,1-3H3. The van der Waals surface area contributed by atoms with Crippen molar-refractivity contribution >= 4 is 16.9 Å². The Balaban J connectivity index is 1.17. The minimum Gasteiger partial charge on any atom is -0.338 e. The van der Waals surface area contributed by atoms with Crippen LogP contribution < -0.4 is 0 Å². The first-order valence-electron chi connectivity index (χ1n) is 14.3. The highest BCUT2D eigenvalue weighted by atomic mass is 16.2. The highest BCUT2D eigenvalue weighted by molar-refractivity contribution is 5.97. The lowest BCUT2D eigenvalue weighted by Gasteiger charge is -2.32. The molecule has 7 nitrogen and oxygen atoms in total. The molecule has 6 rings (SSSR count). The number of fused-ring (bicyclic) bond motifs is 1. The Hall–Kier alpha value is -4.26. The molecule has 1 saturated heterocycles. The Kier molecular flexibility index (Phi) is 7.20. The van der Waals surface area contributed by atoms with Gasteiger partial charge < -0.3 is 9.47 Å². The second-order valence-corrected chi connectivity index (χ2v) is 11.3. The molecule has 1 atom stereocenters. The minimum absolute atomic E-state index is 0.0749. The normalized spacial score (nSPS) is 15.7. The third-order valence-corrected chi connectivity index (χ3v) is 8.06. The number of rotatable bonds is 7. The molecule has 3 heterocycles. The van der Waals surface area contributed by atoms with Crippen LogP contribution >= 0.6 is 0 Å². The number of hydrogen-bond donors (Lipinski definition) is 0. The number of carbonyl (C=O) groups is 1. The molecule has 0 N–H and O–H groups in total. The van der Waals surface area contributed by atoms with Crippen LogP contribution in [0.3, 0.4) is 0 Å². The summed E-state index contributed by atoms with van der Waals surface area (Å²) in [6.45, 7) is 8.68. The number of nitrogens with zero attached hydrogens (tertiary/aromatic N) is 6. The van der Waals surface area contributed by atoms with Crippen molar-refractivity contribution in [1.82, 2.24) is 29.2 Å². The molecule has 5 aromatic rings. The van der Waals surface area contributed by atoms with Gasteiger partial charge in [-0.15, -0.1) is 10.2 Å². The molecule has 40 heavy (non-hydrogen) atoms. The molecular formula is C33H36N6O. The average molecular weight is 533 g/mol. The Morgan fingerprint density at radius 1 is 1.02 bits per heavy atom. The van der Waals surface area contributed by atoms with E-state index < -0.39 is 0 Å². The number of amides is 1. The fourth-order valence-electron chi connectivity index (χ4n) is 5.87. The summed E-state index contributed by atoms with van der Waals surface area (Å²) in [4.78, 5) is 20.4. The van der Waals surface area contributed by atoms with Gasteiger partial charge in [-0.25, -0.2) is 4.98 Å². The van der Waals surface area contributed by atoms with Crippen LogP contribution in [0, 0.1) is 12.8 Å². The van der Waals surface area contributed by atoms with Crippen molar-refractivity contribution in [3.63, 3.8) is 0 Å². The monoisotopic (exact) mass is 532 g/mol. The van der Waals surface area contributed by atoms with Crippen molar-refractivity contribution < 1.29 is 4.79 Å². The zero-order valence-electron chi connectivity index (χ0n) is 23.5. The molecule has 0 aliphatic carbocycles. The average Bonchev–Trinajstić information content (AvgIpc) is 3.55. The second kappa shape index (κ2) is 11.1. The van der Waals surface area contributed by atoms with Gasteiger partial charge in [0.05, 0.1) is 17.6 Å². The summed E-state index contributed by atoms with van der Waals surface area (Å²) in [5, 5.41) is 8.60. The maximum Gasteiger partial charge on any atom is 0.253 e. The van der Waals surface area contributed by atoms with Crippen molar-refractivity contribution in [3.8, 4) is 5.69 Å². The summed E-state index contributed by atoms with van der Waals surface area (Å²) in [5.41, 5.74) is 6.18. The quantitative estimate of drug-likeness (QED) is 0.251.